The van der Waals surface area contributed by atoms with E-state index in [1.54, 1.807) is 19.2 Å². The number of aromatic nitrogens is 1. The van der Waals surface area contributed by atoms with Gasteiger partial charge in [-0.1, -0.05) is 13.8 Å². The molecule has 6 heteroatoms. The lowest BCUT2D eigenvalue weighted by atomic mass is 10.2. The van der Waals surface area contributed by atoms with Crippen molar-refractivity contribution >= 4 is 24.4 Å². The van der Waals surface area contributed by atoms with Crippen LogP contribution in [0.4, 0.5) is 0 Å². The van der Waals surface area contributed by atoms with Gasteiger partial charge in [0, 0.05) is 11.3 Å². The number of thiazole rings is 1. The van der Waals surface area contributed by atoms with Crippen LogP contribution in [-0.2, 0) is 13.6 Å². The molecule has 0 unspecified atom stereocenters. The van der Waals surface area contributed by atoms with Gasteiger partial charge in [0.25, 0.3) is 0 Å². The fraction of sp³-hybridized carbons (Fsp3) is 0.700. The normalized spacial score (nSPS) is 12.3. The Morgan fingerprint density at radius 2 is 1.94 bits per heavy atom. The molecule has 1 rings (SSSR count). The summed E-state index contributed by atoms with van der Waals surface area (Å²) in [6.45, 7) is 8.39. The molecule has 0 amide bonds. The van der Waals surface area contributed by atoms with Gasteiger partial charge in [-0.25, -0.2) is 4.98 Å². The van der Waals surface area contributed by atoms with E-state index in [2.05, 4.69) is 18.8 Å². The lowest BCUT2D eigenvalue weighted by molar-refractivity contribution is 0.229. The number of hydrogen-bond acceptors (Lipinski definition) is 5. The van der Waals surface area contributed by atoms with Crippen LogP contribution in [-0.4, -0.2) is 18.2 Å². The fourth-order valence-electron chi connectivity index (χ4n) is 1.18. The first-order valence-corrected chi connectivity index (χ1v) is 7.80. The van der Waals surface area contributed by atoms with E-state index >= 15 is 0 Å². The van der Waals surface area contributed by atoms with Gasteiger partial charge in [0.1, 0.15) is 0 Å². The molecule has 16 heavy (non-hydrogen) atoms. The van der Waals surface area contributed by atoms with Crippen molar-refractivity contribution in [2.24, 2.45) is 0 Å². The van der Waals surface area contributed by atoms with Gasteiger partial charge < -0.3 is 9.05 Å². The zero-order valence-electron chi connectivity index (χ0n) is 10.1. The maximum Gasteiger partial charge on any atom is 0.380 e. The minimum absolute atomic E-state index is 0.329. The first-order chi connectivity index (χ1) is 7.53. The quantitative estimate of drug-likeness (QED) is 0.740. The van der Waals surface area contributed by atoms with Crippen LogP contribution in [0.1, 0.15) is 38.6 Å². The molecule has 0 aliphatic carbocycles. The average molecular weight is 263 g/mol. The van der Waals surface area contributed by atoms with Crippen molar-refractivity contribution < 1.29 is 13.6 Å². The van der Waals surface area contributed by atoms with Crippen molar-refractivity contribution in [1.82, 2.24) is 4.98 Å². The highest BCUT2D eigenvalue weighted by Gasteiger charge is 2.30. The van der Waals surface area contributed by atoms with E-state index in [0.29, 0.717) is 24.6 Å². The molecule has 92 valence electrons. The highest BCUT2D eigenvalue weighted by molar-refractivity contribution is 7.62. The zero-order valence-corrected chi connectivity index (χ0v) is 11.8. The van der Waals surface area contributed by atoms with Gasteiger partial charge in [-0.15, -0.1) is 11.3 Å². The first-order valence-electron chi connectivity index (χ1n) is 5.38. The summed E-state index contributed by atoms with van der Waals surface area (Å²) in [5, 5.41) is 2.72. The Bertz CT molecular complexity index is 368. The monoisotopic (exact) mass is 263 g/mol. The van der Waals surface area contributed by atoms with Crippen molar-refractivity contribution in [2.45, 2.75) is 33.6 Å². The fourth-order valence-corrected chi connectivity index (χ4v) is 3.87. The van der Waals surface area contributed by atoms with Crippen LogP contribution < -0.4 is 5.44 Å². The van der Waals surface area contributed by atoms with Crippen LogP contribution in [0.3, 0.4) is 0 Å². The number of hydrogen-bond donors (Lipinski definition) is 0. The van der Waals surface area contributed by atoms with E-state index in [9.17, 15) is 4.57 Å². The van der Waals surface area contributed by atoms with Crippen molar-refractivity contribution in [3.05, 3.63) is 10.4 Å². The molecule has 0 N–H and O–H groups in total. The van der Waals surface area contributed by atoms with E-state index in [4.69, 9.17) is 9.05 Å². The van der Waals surface area contributed by atoms with E-state index in [0.717, 1.165) is 5.01 Å². The van der Waals surface area contributed by atoms with Crippen molar-refractivity contribution in [1.29, 1.82) is 0 Å². The summed E-state index contributed by atoms with van der Waals surface area (Å²) in [6.07, 6.45) is 0. The molecule has 0 aromatic carbocycles. The molecule has 1 aromatic rings. The molecule has 0 spiro atoms. The lowest BCUT2D eigenvalue weighted by Crippen LogP contribution is -2.12. The summed E-state index contributed by atoms with van der Waals surface area (Å²) < 4.78 is 22.8. The molecule has 0 saturated heterocycles. The molecule has 0 aliphatic rings. The predicted octanol–water partition coefficient (Wildman–Crippen LogP) is 3.16. The van der Waals surface area contributed by atoms with Crippen LogP contribution in [0.25, 0.3) is 0 Å². The molecule has 0 radical (unpaired) electrons. The third-order valence-corrected chi connectivity index (χ3v) is 5.19. The summed E-state index contributed by atoms with van der Waals surface area (Å²) in [7, 11) is -3.19. The van der Waals surface area contributed by atoms with Crippen LogP contribution in [0.2, 0.25) is 0 Å². The van der Waals surface area contributed by atoms with Gasteiger partial charge in [0.2, 0.25) is 0 Å². The lowest BCUT2D eigenvalue weighted by Gasteiger charge is -2.14. The minimum Gasteiger partial charge on any atom is -0.304 e. The largest absolute Gasteiger partial charge is 0.380 e. The van der Waals surface area contributed by atoms with Crippen molar-refractivity contribution in [2.75, 3.05) is 13.2 Å². The van der Waals surface area contributed by atoms with Gasteiger partial charge >= 0.3 is 7.60 Å². The topological polar surface area (TPSA) is 48.4 Å². The Morgan fingerprint density at radius 3 is 2.31 bits per heavy atom. The molecule has 1 aromatic heterocycles. The first kappa shape index (κ1) is 13.8. The third kappa shape index (κ3) is 3.14. The smallest absolute Gasteiger partial charge is 0.304 e. The highest BCUT2D eigenvalue weighted by atomic mass is 32.1. The summed E-state index contributed by atoms with van der Waals surface area (Å²) in [4.78, 5) is 4.32. The van der Waals surface area contributed by atoms with Gasteiger partial charge in [0.15, 0.2) is 5.44 Å². The summed E-state index contributed by atoms with van der Waals surface area (Å²) in [5.41, 5.74) is 0.435. The number of nitrogens with zero attached hydrogens (tertiary/aromatic N) is 1. The second-order valence-corrected chi connectivity index (χ2v) is 6.39. The van der Waals surface area contributed by atoms with Crippen LogP contribution in [0.15, 0.2) is 5.38 Å². The molecule has 0 fully saturated rings. The average Bonchev–Trinajstić information content (AvgIpc) is 2.67. The van der Waals surface area contributed by atoms with Crippen LogP contribution in [0.5, 0.6) is 0 Å². The van der Waals surface area contributed by atoms with Gasteiger partial charge in [-0.3, -0.25) is 4.57 Å². The Hall–Kier alpha value is -0.220. The second kappa shape index (κ2) is 5.92. The van der Waals surface area contributed by atoms with Crippen LogP contribution >= 0.6 is 18.9 Å². The summed E-state index contributed by atoms with van der Waals surface area (Å²) in [6, 6.07) is 0. The summed E-state index contributed by atoms with van der Waals surface area (Å²) >= 11 is 1.49. The maximum atomic E-state index is 12.4. The molecule has 0 bridgehead atoms. The SMILES string of the molecule is CCOP(=O)(OCC)c1csc(C(C)C)n1. The molecule has 0 aliphatic heterocycles. The van der Waals surface area contributed by atoms with E-state index in [1.807, 2.05) is 0 Å². The van der Waals surface area contributed by atoms with Gasteiger partial charge in [0.05, 0.1) is 18.2 Å². The van der Waals surface area contributed by atoms with Gasteiger partial charge in [-0.05, 0) is 13.8 Å². The number of rotatable bonds is 6. The Labute approximate surface area is 101 Å². The zero-order chi connectivity index (χ0) is 12.2. The minimum atomic E-state index is -3.19. The van der Waals surface area contributed by atoms with E-state index in [-0.39, 0.29) is 0 Å². The molecule has 0 saturated carbocycles. The Kier molecular flexibility index (Phi) is 5.12. The van der Waals surface area contributed by atoms with Crippen molar-refractivity contribution in [3.8, 4) is 0 Å². The standard InChI is InChI=1S/C10H18NO3PS/c1-5-13-15(12,14-6-2)9-7-16-10(11-9)8(3)4/h7-8H,5-6H2,1-4H3. The molecular formula is C10H18NO3PS. The maximum absolute atomic E-state index is 12.4. The van der Waals surface area contributed by atoms with E-state index < -0.39 is 7.60 Å². The molecule has 4 nitrogen and oxygen atoms in total. The summed E-state index contributed by atoms with van der Waals surface area (Å²) in [5.74, 6) is 0.329. The Balaban J connectivity index is 2.97. The Morgan fingerprint density at radius 1 is 1.38 bits per heavy atom. The predicted molar refractivity (Wildman–Crippen MR) is 66.7 cm³/mol. The molecule has 0 atom stereocenters. The molecular weight excluding hydrogens is 245 g/mol. The van der Waals surface area contributed by atoms with E-state index in [1.165, 1.54) is 11.3 Å². The van der Waals surface area contributed by atoms with Crippen LogP contribution in [0, 0.1) is 0 Å². The van der Waals surface area contributed by atoms with Gasteiger partial charge in [-0.2, -0.15) is 0 Å². The third-order valence-electron chi connectivity index (χ3n) is 1.88. The molecule has 1 heterocycles. The van der Waals surface area contributed by atoms with Crippen molar-refractivity contribution in [3.63, 3.8) is 0 Å². The second-order valence-electron chi connectivity index (χ2n) is 3.53. The highest BCUT2D eigenvalue weighted by Crippen LogP contribution is 2.47.